The molecule has 1 aliphatic rings. The normalized spacial score (nSPS) is 18.9. The second kappa shape index (κ2) is 6.43. The highest BCUT2D eigenvalue weighted by atomic mass is 16.5. The average Bonchev–Trinajstić information content (AvgIpc) is 2.45. The molecule has 0 radical (unpaired) electrons. The second-order valence-corrected chi connectivity index (χ2v) is 4.65. The lowest BCUT2D eigenvalue weighted by molar-refractivity contribution is 0.0169. The van der Waals surface area contributed by atoms with Crippen molar-refractivity contribution in [2.45, 2.75) is 25.4 Å². The Kier molecular flexibility index (Phi) is 4.63. The summed E-state index contributed by atoms with van der Waals surface area (Å²) in [7, 11) is 1.56. The van der Waals surface area contributed by atoms with Gasteiger partial charge < -0.3 is 20.5 Å². The quantitative estimate of drug-likeness (QED) is 0.810. The number of hydrogen-bond donors (Lipinski definition) is 2. The Hall–Kier alpha value is -1.75. The van der Waals surface area contributed by atoms with Gasteiger partial charge in [0, 0.05) is 24.9 Å². The van der Waals surface area contributed by atoms with E-state index in [1.54, 1.807) is 25.3 Å². The molecule has 2 rings (SSSR count). The van der Waals surface area contributed by atoms with Gasteiger partial charge in [-0.25, -0.2) is 0 Å². The van der Waals surface area contributed by atoms with Crippen LogP contribution >= 0.6 is 0 Å². The molecule has 19 heavy (non-hydrogen) atoms. The number of amides is 1. The average molecular weight is 264 g/mol. The summed E-state index contributed by atoms with van der Waals surface area (Å²) in [6.45, 7) is 1.31. The van der Waals surface area contributed by atoms with E-state index in [4.69, 9.17) is 15.2 Å². The van der Waals surface area contributed by atoms with Gasteiger partial charge in [0.25, 0.3) is 5.91 Å². The van der Waals surface area contributed by atoms with Crippen LogP contribution in [-0.2, 0) is 4.74 Å². The summed E-state index contributed by atoms with van der Waals surface area (Å²) in [5, 5.41) is 2.86. The van der Waals surface area contributed by atoms with Crippen LogP contribution in [0.3, 0.4) is 0 Å². The van der Waals surface area contributed by atoms with Crippen LogP contribution in [0.25, 0.3) is 0 Å². The molecule has 1 saturated heterocycles. The van der Waals surface area contributed by atoms with Crippen molar-refractivity contribution < 1.29 is 14.3 Å². The van der Waals surface area contributed by atoms with Gasteiger partial charge in [-0.2, -0.15) is 0 Å². The first kappa shape index (κ1) is 13.7. The number of anilines is 1. The minimum absolute atomic E-state index is 0.122. The smallest absolute Gasteiger partial charge is 0.253 e. The Morgan fingerprint density at radius 1 is 1.53 bits per heavy atom. The maximum absolute atomic E-state index is 12.0. The van der Waals surface area contributed by atoms with Crippen LogP contribution in [0.4, 0.5) is 5.69 Å². The molecule has 5 heteroatoms. The van der Waals surface area contributed by atoms with Crippen LogP contribution in [0.2, 0.25) is 0 Å². The van der Waals surface area contributed by atoms with E-state index in [9.17, 15) is 4.79 Å². The number of nitrogens with two attached hydrogens (primary N) is 1. The highest BCUT2D eigenvalue weighted by Crippen LogP contribution is 2.19. The third-order valence-electron chi connectivity index (χ3n) is 3.27. The first-order valence-corrected chi connectivity index (χ1v) is 6.54. The molecule has 1 heterocycles. The molecule has 0 aromatic heterocycles. The van der Waals surface area contributed by atoms with Crippen molar-refractivity contribution in [1.29, 1.82) is 0 Å². The van der Waals surface area contributed by atoms with E-state index in [2.05, 4.69) is 5.32 Å². The highest BCUT2D eigenvalue weighted by Gasteiger charge is 2.16. The van der Waals surface area contributed by atoms with E-state index in [1.807, 2.05) is 0 Å². The van der Waals surface area contributed by atoms with Crippen molar-refractivity contribution >= 4 is 11.6 Å². The van der Waals surface area contributed by atoms with Crippen molar-refractivity contribution in [2.75, 3.05) is 26.0 Å². The molecule has 0 aliphatic carbocycles. The van der Waals surface area contributed by atoms with E-state index in [1.165, 1.54) is 0 Å². The molecule has 0 bridgehead atoms. The van der Waals surface area contributed by atoms with Crippen molar-refractivity contribution in [1.82, 2.24) is 5.32 Å². The number of nitrogens with one attached hydrogen (secondary N) is 1. The predicted octanol–water partition coefficient (Wildman–Crippen LogP) is 1.58. The van der Waals surface area contributed by atoms with Crippen molar-refractivity contribution in [2.24, 2.45) is 0 Å². The van der Waals surface area contributed by atoms with Gasteiger partial charge in [-0.15, -0.1) is 0 Å². The van der Waals surface area contributed by atoms with E-state index in [0.29, 0.717) is 23.5 Å². The Balaban J connectivity index is 1.92. The molecule has 0 spiro atoms. The van der Waals surface area contributed by atoms with Crippen LogP contribution in [-0.4, -0.2) is 32.3 Å². The van der Waals surface area contributed by atoms with Crippen LogP contribution < -0.4 is 15.8 Å². The van der Waals surface area contributed by atoms with E-state index in [-0.39, 0.29) is 12.0 Å². The van der Waals surface area contributed by atoms with Crippen LogP contribution in [0.5, 0.6) is 5.75 Å². The Labute approximate surface area is 113 Å². The SMILES string of the molecule is COc1ccc(C(=O)NCC2CCCCO2)c(N)c1. The number of nitrogen functional groups attached to an aromatic ring is 1. The fraction of sp³-hybridized carbons (Fsp3) is 0.500. The number of benzene rings is 1. The summed E-state index contributed by atoms with van der Waals surface area (Å²) in [6, 6.07) is 5.04. The molecule has 5 nitrogen and oxygen atoms in total. The summed E-state index contributed by atoms with van der Waals surface area (Å²) in [5.74, 6) is 0.471. The monoisotopic (exact) mass is 264 g/mol. The molecule has 1 atom stereocenters. The molecule has 1 fully saturated rings. The zero-order valence-electron chi connectivity index (χ0n) is 11.1. The lowest BCUT2D eigenvalue weighted by Crippen LogP contribution is -2.35. The van der Waals surface area contributed by atoms with Crippen LogP contribution in [0.1, 0.15) is 29.6 Å². The molecule has 1 aromatic rings. The molecular weight excluding hydrogens is 244 g/mol. The molecule has 1 aliphatic heterocycles. The molecular formula is C14H20N2O3. The minimum atomic E-state index is -0.172. The Bertz CT molecular complexity index is 442. The van der Waals surface area contributed by atoms with E-state index >= 15 is 0 Å². The van der Waals surface area contributed by atoms with Gasteiger partial charge in [-0.1, -0.05) is 0 Å². The molecule has 3 N–H and O–H groups in total. The Morgan fingerprint density at radius 2 is 2.37 bits per heavy atom. The summed E-state index contributed by atoms with van der Waals surface area (Å²) < 4.78 is 10.6. The second-order valence-electron chi connectivity index (χ2n) is 4.65. The largest absolute Gasteiger partial charge is 0.497 e. The van der Waals surface area contributed by atoms with Crippen LogP contribution in [0.15, 0.2) is 18.2 Å². The van der Waals surface area contributed by atoms with E-state index < -0.39 is 0 Å². The number of methoxy groups -OCH3 is 1. The zero-order valence-corrected chi connectivity index (χ0v) is 11.1. The lowest BCUT2D eigenvalue weighted by Gasteiger charge is -2.22. The number of rotatable bonds is 4. The third kappa shape index (κ3) is 3.61. The molecule has 0 saturated carbocycles. The van der Waals surface area contributed by atoms with Crippen molar-refractivity contribution in [3.8, 4) is 5.75 Å². The molecule has 1 aromatic carbocycles. The molecule has 104 valence electrons. The molecule has 1 unspecified atom stereocenters. The zero-order chi connectivity index (χ0) is 13.7. The Morgan fingerprint density at radius 3 is 3.00 bits per heavy atom. The first-order valence-electron chi connectivity index (χ1n) is 6.54. The minimum Gasteiger partial charge on any atom is -0.497 e. The summed E-state index contributed by atoms with van der Waals surface area (Å²) >= 11 is 0. The highest BCUT2D eigenvalue weighted by molar-refractivity contribution is 5.99. The standard InChI is InChI=1S/C14H20N2O3/c1-18-10-5-6-12(13(15)8-10)14(17)16-9-11-4-2-3-7-19-11/h5-6,8,11H,2-4,7,9,15H2,1H3,(H,16,17). The summed E-state index contributed by atoms with van der Waals surface area (Å²) in [4.78, 5) is 12.0. The maximum Gasteiger partial charge on any atom is 0.253 e. The van der Waals surface area contributed by atoms with Gasteiger partial charge in [-0.3, -0.25) is 4.79 Å². The first-order chi connectivity index (χ1) is 9.20. The summed E-state index contributed by atoms with van der Waals surface area (Å²) in [5.41, 5.74) is 6.72. The van der Waals surface area contributed by atoms with Crippen molar-refractivity contribution in [3.63, 3.8) is 0 Å². The molecule has 1 amide bonds. The van der Waals surface area contributed by atoms with E-state index in [0.717, 1.165) is 25.9 Å². The third-order valence-corrected chi connectivity index (χ3v) is 3.27. The van der Waals surface area contributed by atoms with Gasteiger partial charge in [0.1, 0.15) is 5.75 Å². The predicted molar refractivity (Wildman–Crippen MR) is 73.3 cm³/mol. The number of hydrogen-bond acceptors (Lipinski definition) is 4. The number of ether oxygens (including phenoxy) is 2. The fourth-order valence-electron chi connectivity index (χ4n) is 2.14. The summed E-state index contributed by atoms with van der Waals surface area (Å²) in [6.07, 6.45) is 3.39. The number of carbonyl (C=O) groups is 1. The van der Waals surface area contributed by atoms with Gasteiger partial charge in [0.2, 0.25) is 0 Å². The van der Waals surface area contributed by atoms with Crippen molar-refractivity contribution in [3.05, 3.63) is 23.8 Å². The lowest BCUT2D eigenvalue weighted by atomic mass is 10.1. The van der Waals surface area contributed by atoms with Gasteiger partial charge in [0.15, 0.2) is 0 Å². The van der Waals surface area contributed by atoms with Gasteiger partial charge >= 0.3 is 0 Å². The number of carbonyl (C=O) groups excluding carboxylic acids is 1. The topological polar surface area (TPSA) is 73.6 Å². The maximum atomic E-state index is 12.0. The van der Waals surface area contributed by atoms with Gasteiger partial charge in [0.05, 0.1) is 18.8 Å². The van der Waals surface area contributed by atoms with Crippen LogP contribution in [0, 0.1) is 0 Å². The fourth-order valence-corrected chi connectivity index (χ4v) is 2.14. The van der Waals surface area contributed by atoms with Gasteiger partial charge in [-0.05, 0) is 31.4 Å².